The lowest BCUT2D eigenvalue weighted by Crippen LogP contribution is -2.38. The fourth-order valence-corrected chi connectivity index (χ4v) is 2.94. The fraction of sp³-hybridized carbons (Fsp3) is 0.533. The number of anilines is 1. The number of hydrogen-bond donors (Lipinski definition) is 2. The summed E-state index contributed by atoms with van der Waals surface area (Å²) in [6, 6.07) is 5.66. The average Bonchev–Trinajstić information content (AvgIpc) is 2.48. The molecule has 21 heavy (non-hydrogen) atoms. The molecule has 2 rings (SSSR count). The van der Waals surface area contributed by atoms with Gasteiger partial charge in [-0.05, 0) is 44.0 Å². The van der Waals surface area contributed by atoms with E-state index in [1.165, 1.54) is 0 Å². The molecule has 0 spiro atoms. The van der Waals surface area contributed by atoms with E-state index < -0.39 is 5.91 Å². The number of nitrogens with zero attached hydrogens (tertiary/aromatic N) is 1. The Bertz CT molecular complexity index is 488. The number of benzene rings is 1. The Balaban J connectivity index is 1.97. The molecule has 0 atom stereocenters. The SMILES string of the molecule is NCCCOC1CCN(c2ccc(Br)cc2C(N)=O)CC1. The molecule has 0 bridgehead atoms. The highest BCUT2D eigenvalue weighted by Crippen LogP contribution is 2.27. The number of carbonyl (C=O) groups excluding carboxylic acids is 1. The third-order valence-electron chi connectivity index (χ3n) is 3.71. The van der Waals surface area contributed by atoms with Gasteiger partial charge in [0.15, 0.2) is 0 Å². The number of primary amides is 1. The Kier molecular flexibility index (Phi) is 6.02. The number of hydrogen-bond acceptors (Lipinski definition) is 4. The van der Waals surface area contributed by atoms with Gasteiger partial charge < -0.3 is 21.1 Å². The molecule has 0 aliphatic carbocycles. The van der Waals surface area contributed by atoms with Crippen molar-refractivity contribution in [2.45, 2.75) is 25.4 Å². The van der Waals surface area contributed by atoms with Gasteiger partial charge >= 0.3 is 0 Å². The summed E-state index contributed by atoms with van der Waals surface area (Å²) in [5.41, 5.74) is 12.4. The maximum absolute atomic E-state index is 11.6. The van der Waals surface area contributed by atoms with Gasteiger partial charge in [0.2, 0.25) is 0 Å². The Labute approximate surface area is 133 Å². The van der Waals surface area contributed by atoms with Crippen molar-refractivity contribution in [3.8, 4) is 0 Å². The number of amides is 1. The standard InChI is InChI=1S/C15H22BrN3O2/c16-11-2-3-14(13(10-11)15(18)20)19-7-4-12(5-8-19)21-9-1-6-17/h2-3,10,12H,1,4-9,17H2,(H2,18,20). The van der Waals surface area contributed by atoms with Crippen molar-refractivity contribution < 1.29 is 9.53 Å². The minimum Gasteiger partial charge on any atom is -0.378 e. The highest BCUT2D eigenvalue weighted by atomic mass is 79.9. The van der Waals surface area contributed by atoms with Crippen molar-refractivity contribution in [1.29, 1.82) is 0 Å². The molecular weight excluding hydrogens is 334 g/mol. The minimum atomic E-state index is -0.396. The lowest BCUT2D eigenvalue weighted by Gasteiger charge is -2.34. The van der Waals surface area contributed by atoms with Gasteiger partial charge in [-0.3, -0.25) is 4.79 Å². The highest BCUT2D eigenvalue weighted by molar-refractivity contribution is 9.10. The molecule has 0 unspecified atom stereocenters. The van der Waals surface area contributed by atoms with Crippen molar-refractivity contribution in [2.24, 2.45) is 11.5 Å². The van der Waals surface area contributed by atoms with Crippen LogP contribution in [-0.2, 0) is 4.74 Å². The molecule has 5 nitrogen and oxygen atoms in total. The van der Waals surface area contributed by atoms with Gasteiger partial charge in [-0.2, -0.15) is 0 Å². The van der Waals surface area contributed by atoms with E-state index in [2.05, 4.69) is 20.8 Å². The molecule has 6 heteroatoms. The lowest BCUT2D eigenvalue weighted by molar-refractivity contribution is 0.0366. The third-order valence-corrected chi connectivity index (χ3v) is 4.20. The second-order valence-electron chi connectivity index (χ2n) is 5.23. The monoisotopic (exact) mass is 355 g/mol. The number of rotatable bonds is 6. The number of ether oxygens (including phenoxy) is 1. The van der Waals surface area contributed by atoms with E-state index >= 15 is 0 Å². The predicted octanol–water partition coefficient (Wildman–Crippen LogP) is 1.88. The topological polar surface area (TPSA) is 81.6 Å². The molecule has 1 aliphatic heterocycles. The Hall–Kier alpha value is -1.11. The molecule has 0 saturated carbocycles. The Morgan fingerprint density at radius 1 is 1.38 bits per heavy atom. The average molecular weight is 356 g/mol. The second kappa shape index (κ2) is 7.77. The number of piperidine rings is 1. The van der Waals surface area contributed by atoms with Crippen LogP contribution in [-0.4, -0.2) is 38.3 Å². The van der Waals surface area contributed by atoms with Crippen LogP contribution < -0.4 is 16.4 Å². The van der Waals surface area contributed by atoms with Gasteiger partial charge in [-0.1, -0.05) is 15.9 Å². The van der Waals surface area contributed by atoms with E-state index in [1.807, 2.05) is 12.1 Å². The first kappa shape index (κ1) is 16.3. The van der Waals surface area contributed by atoms with Crippen LogP contribution in [0.15, 0.2) is 22.7 Å². The van der Waals surface area contributed by atoms with Crippen LogP contribution >= 0.6 is 15.9 Å². The molecule has 1 aromatic rings. The first-order valence-corrected chi connectivity index (χ1v) is 8.07. The zero-order valence-corrected chi connectivity index (χ0v) is 13.6. The predicted molar refractivity (Wildman–Crippen MR) is 87.5 cm³/mol. The smallest absolute Gasteiger partial charge is 0.250 e. The summed E-state index contributed by atoms with van der Waals surface area (Å²) in [6.45, 7) is 3.14. The number of carbonyl (C=O) groups is 1. The van der Waals surface area contributed by atoms with Crippen molar-refractivity contribution in [3.05, 3.63) is 28.2 Å². The third kappa shape index (κ3) is 4.43. The van der Waals surface area contributed by atoms with Crippen LogP contribution in [0.25, 0.3) is 0 Å². The normalized spacial score (nSPS) is 16.2. The first-order valence-electron chi connectivity index (χ1n) is 7.27. The molecule has 1 aromatic carbocycles. The van der Waals surface area contributed by atoms with E-state index in [4.69, 9.17) is 16.2 Å². The van der Waals surface area contributed by atoms with Gasteiger partial charge in [-0.15, -0.1) is 0 Å². The number of halogens is 1. The maximum atomic E-state index is 11.6. The van der Waals surface area contributed by atoms with Gasteiger partial charge in [0.1, 0.15) is 0 Å². The largest absolute Gasteiger partial charge is 0.378 e. The summed E-state index contributed by atoms with van der Waals surface area (Å²) in [6.07, 6.45) is 3.11. The molecule has 4 N–H and O–H groups in total. The summed E-state index contributed by atoms with van der Waals surface area (Å²) in [5, 5.41) is 0. The molecule has 1 aliphatic rings. The molecule has 1 amide bonds. The second-order valence-corrected chi connectivity index (χ2v) is 6.14. The Morgan fingerprint density at radius 3 is 2.71 bits per heavy atom. The van der Waals surface area contributed by atoms with Crippen LogP contribution in [0.5, 0.6) is 0 Å². The molecular formula is C15H22BrN3O2. The van der Waals surface area contributed by atoms with Gasteiger partial charge in [-0.25, -0.2) is 0 Å². The van der Waals surface area contributed by atoms with Crippen molar-refractivity contribution in [2.75, 3.05) is 31.1 Å². The van der Waals surface area contributed by atoms with Crippen LogP contribution in [0.4, 0.5) is 5.69 Å². The Morgan fingerprint density at radius 2 is 2.10 bits per heavy atom. The zero-order valence-electron chi connectivity index (χ0n) is 12.1. The van der Waals surface area contributed by atoms with Gasteiger partial charge in [0, 0.05) is 29.9 Å². The summed E-state index contributed by atoms with van der Waals surface area (Å²) in [7, 11) is 0. The van der Waals surface area contributed by atoms with E-state index in [1.54, 1.807) is 6.07 Å². The van der Waals surface area contributed by atoms with Crippen molar-refractivity contribution in [1.82, 2.24) is 0 Å². The molecule has 0 aromatic heterocycles. The molecule has 116 valence electrons. The van der Waals surface area contributed by atoms with E-state index in [9.17, 15) is 4.79 Å². The van der Waals surface area contributed by atoms with E-state index in [-0.39, 0.29) is 0 Å². The maximum Gasteiger partial charge on any atom is 0.250 e. The summed E-state index contributed by atoms with van der Waals surface area (Å²) in [5.74, 6) is -0.396. The molecule has 1 fully saturated rings. The highest BCUT2D eigenvalue weighted by Gasteiger charge is 2.22. The van der Waals surface area contributed by atoms with Crippen LogP contribution in [0, 0.1) is 0 Å². The minimum absolute atomic E-state index is 0.292. The van der Waals surface area contributed by atoms with E-state index in [0.29, 0.717) is 18.2 Å². The summed E-state index contributed by atoms with van der Waals surface area (Å²) < 4.78 is 6.66. The molecule has 1 saturated heterocycles. The van der Waals surface area contributed by atoms with Gasteiger partial charge in [0.25, 0.3) is 5.91 Å². The molecule has 1 heterocycles. The fourth-order valence-electron chi connectivity index (χ4n) is 2.58. The zero-order chi connectivity index (χ0) is 15.2. The van der Waals surface area contributed by atoms with Crippen LogP contribution in [0.2, 0.25) is 0 Å². The van der Waals surface area contributed by atoms with E-state index in [0.717, 1.165) is 49.1 Å². The quantitative estimate of drug-likeness (QED) is 0.763. The summed E-state index contributed by atoms with van der Waals surface area (Å²) >= 11 is 3.38. The van der Waals surface area contributed by atoms with Gasteiger partial charge in [0.05, 0.1) is 11.7 Å². The van der Waals surface area contributed by atoms with Crippen LogP contribution in [0.1, 0.15) is 29.6 Å². The molecule has 0 radical (unpaired) electrons. The number of nitrogens with two attached hydrogens (primary N) is 2. The van der Waals surface area contributed by atoms with Crippen molar-refractivity contribution in [3.63, 3.8) is 0 Å². The first-order chi connectivity index (χ1) is 10.1. The lowest BCUT2D eigenvalue weighted by atomic mass is 10.0. The summed E-state index contributed by atoms with van der Waals surface area (Å²) in [4.78, 5) is 13.8. The van der Waals surface area contributed by atoms with Crippen LogP contribution in [0.3, 0.4) is 0 Å². The van der Waals surface area contributed by atoms with Crippen molar-refractivity contribution >= 4 is 27.5 Å².